The van der Waals surface area contributed by atoms with E-state index in [1.165, 1.54) is 0 Å². The van der Waals surface area contributed by atoms with Crippen molar-refractivity contribution in [2.45, 2.75) is 6.92 Å². The molecule has 1 aromatic rings. The second-order valence-electron chi connectivity index (χ2n) is 3.51. The average molecular weight is 331 g/mol. The second-order valence-corrected chi connectivity index (χ2v) is 3.95. The fraction of sp³-hybridized carbons (Fsp3) is 0.182. The number of para-hydroxylation sites is 2. The number of hydrogen-bond donors (Lipinski definition) is 1. The summed E-state index contributed by atoms with van der Waals surface area (Å²) < 4.78 is 4.95. The van der Waals surface area contributed by atoms with Crippen LogP contribution in [0.2, 0.25) is 0 Å². The van der Waals surface area contributed by atoms with Crippen molar-refractivity contribution in [2.24, 2.45) is 0 Å². The highest BCUT2D eigenvalue weighted by molar-refractivity contribution is 14.1. The molecule has 0 saturated heterocycles. The Morgan fingerprint density at radius 1 is 1.50 bits per heavy atom. The van der Waals surface area contributed by atoms with E-state index >= 15 is 0 Å². The molecule has 1 N–H and O–H groups in total. The maximum absolute atomic E-state index is 11.9. The lowest BCUT2D eigenvalue weighted by molar-refractivity contribution is 0.187. The third kappa shape index (κ3) is 1.60. The molecule has 1 amide bonds. The van der Waals surface area contributed by atoms with Crippen LogP contribution in [-0.4, -0.2) is 12.6 Å². The number of quaternary nitrogens is 1. The number of halogens is 1. The zero-order valence-corrected chi connectivity index (χ0v) is 11.0. The lowest BCUT2D eigenvalue weighted by Gasteiger charge is -2.31. The van der Waals surface area contributed by atoms with Crippen LogP contribution in [0.1, 0.15) is 6.92 Å². The number of amides is 1. The van der Waals surface area contributed by atoms with Crippen molar-refractivity contribution < 1.29 is 7.86 Å². The predicted molar refractivity (Wildman–Crippen MR) is 72.0 cm³/mol. The van der Waals surface area contributed by atoms with Crippen LogP contribution >= 0.6 is 23.0 Å². The summed E-state index contributed by atoms with van der Waals surface area (Å²) in [5, 5.41) is 3.12. The smallest absolute Gasteiger partial charge is 0.352 e. The highest BCUT2D eigenvalue weighted by Gasteiger charge is 2.41. The van der Waals surface area contributed by atoms with Gasteiger partial charge in [-0.1, -0.05) is 12.1 Å². The molecule has 0 radical (unpaired) electrons. The minimum absolute atomic E-state index is 0.0894. The highest BCUT2D eigenvalue weighted by atomic mass is 127. The molecule has 1 aromatic carbocycles. The molecule has 16 heavy (non-hydrogen) atoms. The van der Waals surface area contributed by atoms with E-state index in [2.05, 4.69) is 5.32 Å². The number of anilines is 1. The molecule has 1 aliphatic heterocycles. The molecule has 0 spiro atoms. The van der Waals surface area contributed by atoms with Crippen molar-refractivity contribution in [1.29, 1.82) is 0 Å². The van der Waals surface area contributed by atoms with Gasteiger partial charge in [0.2, 0.25) is 23.0 Å². The first-order chi connectivity index (χ1) is 7.74. The topological polar surface area (TPSA) is 38.3 Å². The third-order valence-electron chi connectivity index (χ3n) is 2.79. The molecule has 0 aliphatic carbocycles. The maximum atomic E-state index is 11.9. The SMILES string of the molecule is CC[N+]1(C(=O)OI)C=CNc2ccccc21. The van der Waals surface area contributed by atoms with Gasteiger partial charge < -0.3 is 8.38 Å². The molecule has 1 unspecified atom stereocenters. The summed E-state index contributed by atoms with van der Waals surface area (Å²) in [5.41, 5.74) is 1.85. The quantitative estimate of drug-likeness (QED) is 0.633. The average Bonchev–Trinajstić information content (AvgIpc) is 2.37. The fourth-order valence-corrected chi connectivity index (χ4v) is 2.26. The fourth-order valence-electron chi connectivity index (χ4n) is 1.90. The standard InChI is InChI=1S/C11H12IN2O2/c1-2-14(11(15)16-12)8-7-13-9-5-3-4-6-10(9)14/h3-8,13H,2H2,1H3/q+1. The van der Waals surface area contributed by atoms with E-state index in [9.17, 15) is 4.79 Å². The number of nitrogens with one attached hydrogen (secondary N) is 1. The van der Waals surface area contributed by atoms with E-state index in [0.717, 1.165) is 11.4 Å². The number of benzene rings is 1. The molecule has 84 valence electrons. The van der Waals surface area contributed by atoms with E-state index in [1.54, 1.807) is 29.2 Å². The normalized spacial score (nSPS) is 22.1. The summed E-state index contributed by atoms with van der Waals surface area (Å²) >= 11 is 1.63. The Labute approximate surface area is 108 Å². The largest absolute Gasteiger partial charge is 0.535 e. The van der Waals surface area contributed by atoms with Gasteiger partial charge in [0.25, 0.3) is 0 Å². The molecule has 5 heteroatoms. The second kappa shape index (κ2) is 4.42. The van der Waals surface area contributed by atoms with Crippen molar-refractivity contribution in [2.75, 3.05) is 11.9 Å². The van der Waals surface area contributed by atoms with Crippen molar-refractivity contribution in [3.05, 3.63) is 36.7 Å². The number of hydrogen-bond acceptors (Lipinski definition) is 3. The summed E-state index contributed by atoms with van der Waals surface area (Å²) in [7, 11) is 0. The Kier molecular flexibility index (Phi) is 3.15. The van der Waals surface area contributed by atoms with Gasteiger partial charge in [-0.15, -0.1) is 0 Å². The van der Waals surface area contributed by atoms with Crippen LogP contribution < -0.4 is 9.80 Å². The molecular formula is C11H12IN2O2+. The zero-order chi connectivity index (χ0) is 11.6. The van der Waals surface area contributed by atoms with Crippen LogP contribution in [0.5, 0.6) is 0 Å². The summed E-state index contributed by atoms with van der Waals surface area (Å²) in [6.07, 6.45) is 3.30. The Bertz CT molecular complexity index is 447. The van der Waals surface area contributed by atoms with Crippen LogP contribution in [-0.2, 0) is 3.07 Å². The van der Waals surface area contributed by atoms with Gasteiger partial charge in [0.15, 0.2) is 5.69 Å². The molecule has 1 atom stereocenters. The first kappa shape index (κ1) is 11.4. The van der Waals surface area contributed by atoms with Crippen LogP contribution in [0, 0.1) is 0 Å². The first-order valence-electron chi connectivity index (χ1n) is 4.99. The van der Waals surface area contributed by atoms with E-state index in [-0.39, 0.29) is 10.6 Å². The molecular weight excluding hydrogens is 319 g/mol. The predicted octanol–water partition coefficient (Wildman–Crippen LogP) is 3.40. The van der Waals surface area contributed by atoms with Crippen LogP contribution in [0.25, 0.3) is 0 Å². The lowest BCUT2D eigenvalue weighted by Crippen LogP contribution is -2.50. The maximum Gasteiger partial charge on any atom is 0.535 e. The third-order valence-corrected chi connectivity index (χ3v) is 3.17. The minimum Gasteiger partial charge on any atom is -0.352 e. The molecule has 0 fully saturated rings. The van der Waals surface area contributed by atoms with Gasteiger partial charge in [0.1, 0.15) is 11.9 Å². The first-order valence-corrected chi connectivity index (χ1v) is 5.87. The van der Waals surface area contributed by atoms with E-state index in [4.69, 9.17) is 3.07 Å². The van der Waals surface area contributed by atoms with Crippen molar-refractivity contribution in [3.63, 3.8) is 0 Å². The Morgan fingerprint density at radius 3 is 2.94 bits per heavy atom. The molecule has 0 saturated carbocycles. The van der Waals surface area contributed by atoms with Gasteiger partial charge in [0.05, 0.1) is 12.7 Å². The summed E-state index contributed by atoms with van der Waals surface area (Å²) in [5.74, 6) is 0. The summed E-state index contributed by atoms with van der Waals surface area (Å²) in [6.45, 7) is 2.58. The monoisotopic (exact) mass is 331 g/mol. The van der Waals surface area contributed by atoms with Gasteiger partial charge in [-0.2, -0.15) is 9.28 Å². The van der Waals surface area contributed by atoms with Crippen LogP contribution in [0.3, 0.4) is 0 Å². The van der Waals surface area contributed by atoms with Gasteiger partial charge >= 0.3 is 6.09 Å². The van der Waals surface area contributed by atoms with Crippen molar-refractivity contribution in [1.82, 2.24) is 4.48 Å². The number of carbonyl (C=O) groups is 1. The molecule has 1 heterocycles. The van der Waals surface area contributed by atoms with Gasteiger partial charge in [-0.25, -0.2) is 0 Å². The van der Waals surface area contributed by atoms with Crippen molar-refractivity contribution in [3.8, 4) is 0 Å². The highest BCUT2D eigenvalue weighted by Crippen LogP contribution is 2.36. The van der Waals surface area contributed by atoms with E-state index in [0.29, 0.717) is 6.54 Å². The van der Waals surface area contributed by atoms with E-state index < -0.39 is 0 Å². The van der Waals surface area contributed by atoms with Crippen LogP contribution in [0.15, 0.2) is 36.7 Å². The molecule has 1 aliphatic rings. The van der Waals surface area contributed by atoms with Crippen LogP contribution in [0.4, 0.5) is 16.2 Å². The Balaban J connectivity index is 2.58. The molecule has 0 aromatic heterocycles. The van der Waals surface area contributed by atoms with E-state index in [1.807, 2.05) is 37.4 Å². The summed E-state index contributed by atoms with van der Waals surface area (Å²) in [6, 6.07) is 7.73. The Hall–Kier alpha value is -1.08. The molecule has 2 rings (SSSR count). The summed E-state index contributed by atoms with van der Waals surface area (Å²) in [4.78, 5) is 11.9. The van der Waals surface area contributed by atoms with Gasteiger partial charge in [-0.3, -0.25) is 0 Å². The number of rotatable bonds is 1. The zero-order valence-electron chi connectivity index (χ0n) is 8.81. The number of nitrogens with zero attached hydrogens (tertiary/aromatic N) is 1. The molecule has 4 nitrogen and oxygen atoms in total. The number of fused-ring (bicyclic) bond motifs is 1. The minimum atomic E-state index is -0.284. The van der Waals surface area contributed by atoms with Gasteiger partial charge in [-0.05, 0) is 13.0 Å². The number of carbonyl (C=O) groups excluding carboxylic acids is 1. The lowest BCUT2D eigenvalue weighted by atomic mass is 10.2. The molecule has 0 bridgehead atoms. The Morgan fingerprint density at radius 2 is 2.25 bits per heavy atom. The van der Waals surface area contributed by atoms with Gasteiger partial charge in [0, 0.05) is 6.07 Å². The van der Waals surface area contributed by atoms with Crippen molar-refractivity contribution >= 4 is 40.5 Å².